The molecule has 1 atom stereocenters. The van der Waals surface area contributed by atoms with Crippen molar-refractivity contribution in [3.8, 4) is 0 Å². The van der Waals surface area contributed by atoms with Crippen molar-refractivity contribution in [3.05, 3.63) is 68.3 Å². The summed E-state index contributed by atoms with van der Waals surface area (Å²) in [5, 5.41) is 3.13. The molecule has 0 bridgehead atoms. The number of halogens is 1. The molecule has 1 saturated carbocycles. The summed E-state index contributed by atoms with van der Waals surface area (Å²) in [6.07, 6.45) is 3.24. The van der Waals surface area contributed by atoms with E-state index in [9.17, 15) is 4.79 Å². The van der Waals surface area contributed by atoms with Gasteiger partial charge in [-0.05, 0) is 77.1 Å². The fourth-order valence-corrected chi connectivity index (χ4v) is 4.51. The van der Waals surface area contributed by atoms with E-state index in [1.807, 2.05) is 0 Å². The van der Waals surface area contributed by atoms with Crippen LogP contribution in [0.4, 0.5) is 0 Å². The van der Waals surface area contributed by atoms with Crippen LogP contribution in [0, 0.1) is 9.49 Å². The van der Waals surface area contributed by atoms with Crippen LogP contribution in [0.1, 0.15) is 48.1 Å². The second kappa shape index (κ2) is 7.69. The quantitative estimate of drug-likeness (QED) is 0.670. The van der Waals surface area contributed by atoms with Crippen molar-refractivity contribution in [2.45, 2.75) is 45.3 Å². The Balaban J connectivity index is 1.36. The maximum Gasteiger partial charge on any atom is 0.223 e. The van der Waals surface area contributed by atoms with Gasteiger partial charge in [-0.3, -0.25) is 9.69 Å². The van der Waals surface area contributed by atoms with Gasteiger partial charge in [0.15, 0.2) is 0 Å². The zero-order valence-corrected chi connectivity index (χ0v) is 17.3. The number of benzene rings is 2. The molecule has 0 unspecified atom stereocenters. The van der Waals surface area contributed by atoms with Gasteiger partial charge in [0.1, 0.15) is 0 Å². The lowest BCUT2D eigenvalue weighted by molar-refractivity contribution is -0.122. The van der Waals surface area contributed by atoms with Gasteiger partial charge in [-0.2, -0.15) is 0 Å². The number of amides is 1. The number of fused-ring (bicyclic) bond motifs is 1. The van der Waals surface area contributed by atoms with Gasteiger partial charge in [0.25, 0.3) is 0 Å². The molecule has 1 aliphatic heterocycles. The van der Waals surface area contributed by atoms with E-state index in [1.165, 1.54) is 25.8 Å². The van der Waals surface area contributed by atoms with E-state index in [4.69, 9.17) is 0 Å². The van der Waals surface area contributed by atoms with Crippen LogP contribution >= 0.6 is 22.6 Å². The van der Waals surface area contributed by atoms with E-state index in [2.05, 4.69) is 82.2 Å². The van der Waals surface area contributed by atoms with Gasteiger partial charge in [-0.25, -0.2) is 0 Å². The second-order valence-corrected chi connectivity index (χ2v) is 8.75. The van der Waals surface area contributed by atoms with Crippen molar-refractivity contribution in [1.82, 2.24) is 10.2 Å². The van der Waals surface area contributed by atoms with E-state index in [1.54, 1.807) is 0 Å². The molecule has 3 nitrogen and oxygen atoms in total. The Hall–Kier alpha value is -1.40. The van der Waals surface area contributed by atoms with Gasteiger partial charge in [0.2, 0.25) is 5.91 Å². The van der Waals surface area contributed by atoms with Crippen molar-refractivity contribution >= 4 is 28.5 Å². The lowest BCUT2D eigenvalue weighted by atomic mass is 9.99. The third-order valence-corrected chi connectivity index (χ3v) is 6.49. The van der Waals surface area contributed by atoms with Crippen molar-refractivity contribution in [1.29, 1.82) is 0 Å². The fraction of sp³-hybridized carbons (Fsp3) is 0.409. The molecule has 4 heteroatoms. The summed E-state index contributed by atoms with van der Waals surface area (Å²) in [5.74, 6) is 0.477. The summed E-state index contributed by atoms with van der Waals surface area (Å²) in [5.41, 5.74) is 5.51. The molecule has 0 radical (unpaired) electrons. The van der Waals surface area contributed by atoms with Crippen LogP contribution in [0.15, 0.2) is 42.5 Å². The first-order chi connectivity index (χ1) is 12.6. The maximum atomic E-state index is 11.9. The van der Waals surface area contributed by atoms with Gasteiger partial charge in [0, 0.05) is 29.1 Å². The number of hydrogen-bond acceptors (Lipinski definition) is 2. The molecule has 2 aromatic rings. The largest absolute Gasteiger partial charge is 0.349 e. The Labute approximate surface area is 169 Å². The molecular weight excluding hydrogens is 435 g/mol. The molecule has 0 spiro atoms. The van der Waals surface area contributed by atoms with Crippen LogP contribution in [0.25, 0.3) is 0 Å². The van der Waals surface area contributed by atoms with Crippen molar-refractivity contribution in [2.24, 2.45) is 5.92 Å². The smallest absolute Gasteiger partial charge is 0.223 e. The first kappa shape index (κ1) is 18.0. The highest BCUT2D eigenvalue weighted by Crippen LogP contribution is 2.30. The number of rotatable bonds is 5. The summed E-state index contributed by atoms with van der Waals surface area (Å²) in [4.78, 5) is 14.4. The Kier molecular flexibility index (Phi) is 5.32. The van der Waals surface area contributed by atoms with Gasteiger partial charge in [-0.15, -0.1) is 0 Å². The standard InChI is InChI=1S/C22H25IN2O/c1-15(24-22(26)18-9-10-18)17-7-5-16(6-8-17)13-25-12-11-20-19(14-25)3-2-4-21(20)23/h2-8,15,18H,9-14H2,1H3,(H,24,26)/t15-/m0/s1. The van der Waals surface area contributed by atoms with E-state index >= 15 is 0 Å². The predicted octanol–water partition coefficient (Wildman–Crippen LogP) is 4.44. The van der Waals surface area contributed by atoms with Gasteiger partial charge in [-0.1, -0.05) is 36.4 Å². The van der Waals surface area contributed by atoms with E-state index in [0.717, 1.165) is 38.9 Å². The van der Waals surface area contributed by atoms with Gasteiger partial charge >= 0.3 is 0 Å². The van der Waals surface area contributed by atoms with E-state index in [0.29, 0.717) is 0 Å². The summed E-state index contributed by atoms with van der Waals surface area (Å²) in [7, 11) is 0. The maximum absolute atomic E-state index is 11.9. The molecule has 1 fully saturated rings. The summed E-state index contributed by atoms with van der Waals surface area (Å²) in [6, 6.07) is 15.5. The summed E-state index contributed by atoms with van der Waals surface area (Å²) >= 11 is 2.45. The molecule has 2 aliphatic rings. The minimum Gasteiger partial charge on any atom is -0.349 e. The molecule has 0 aromatic heterocycles. The first-order valence-electron chi connectivity index (χ1n) is 9.48. The highest BCUT2D eigenvalue weighted by Gasteiger charge is 2.30. The lowest BCUT2D eigenvalue weighted by Crippen LogP contribution is -2.30. The highest BCUT2D eigenvalue weighted by atomic mass is 127. The molecule has 0 saturated heterocycles. The fourth-order valence-electron chi connectivity index (χ4n) is 3.69. The van der Waals surface area contributed by atoms with E-state index < -0.39 is 0 Å². The second-order valence-electron chi connectivity index (χ2n) is 7.58. The number of nitrogens with zero attached hydrogens (tertiary/aromatic N) is 1. The first-order valence-corrected chi connectivity index (χ1v) is 10.6. The number of carbonyl (C=O) groups excluding carboxylic acids is 1. The van der Waals surface area contributed by atoms with Crippen molar-refractivity contribution in [2.75, 3.05) is 6.54 Å². The zero-order valence-electron chi connectivity index (χ0n) is 15.2. The Morgan fingerprint density at radius 3 is 2.73 bits per heavy atom. The third kappa shape index (κ3) is 4.12. The topological polar surface area (TPSA) is 32.3 Å². The predicted molar refractivity (Wildman–Crippen MR) is 113 cm³/mol. The number of nitrogens with one attached hydrogen (secondary N) is 1. The molecular formula is C22H25IN2O. The van der Waals surface area contributed by atoms with Crippen LogP contribution < -0.4 is 5.32 Å². The Morgan fingerprint density at radius 1 is 1.23 bits per heavy atom. The molecule has 1 N–H and O–H groups in total. The molecule has 4 rings (SSSR count). The zero-order chi connectivity index (χ0) is 18.1. The average molecular weight is 460 g/mol. The van der Waals surface area contributed by atoms with Crippen LogP contribution in [0.2, 0.25) is 0 Å². The third-order valence-electron chi connectivity index (χ3n) is 5.48. The molecule has 136 valence electrons. The average Bonchev–Trinajstić information content (AvgIpc) is 3.47. The van der Waals surface area contributed by atoms with Crippen molar-refractivity contribution < 1.29 is 4.79 Å². The summed E-state index contributed by atoms with van der Waals surface area (Å²) in [6.45, 7) is 5.19. The molecule has 1 aliphatic carbocycles. The van der Waals surface area contributed by atoms with E-state index in [-0.39, 0.29) is 17.9 Å². The van der Waals surface area contributed by atoms with Crippen LogP contribution in [-0.2, 0) is 24.3 Å². The summed E-state index contributed by atoms with van der Waals surface area (Å²) < 4.78 is 1.39. The monoisotopic (exact) mass is 460 g/mol. The number of hydrogen-bond donors (Lipinski definition) is 1. The minimum atomic E-state index is 0.0843. The van der Waals surface area contributed by atoms with Crippen LogP contribution in [0.3, 0.4) is 0 Å². The SMILES string of the molecule is C[C@H](NC(=O)C1CC1)c1ccc(CN2CCc3c(I)cccc3C2)cc1. The normalized spacial score (nSPS) is 18.2. The van der Waals surface area contributed by atoms with Crippen LogP contribution in [0.5, 0.6) is 0 Å². The Bertz CT molecular complexity index is 798. The van der Waals surface area contributed by atoms with Gasteiger partial charge in [0.05, 0.1) is 6.04 Å². The molecule has 26 heavy (non-hydrogen) atoms. The molecule has 1 amide bonds. The lowest BCUT2D eigenvalue weighted by Gasteiger charge is -2.29. The molecule has 2 aromatic carbocycles. The van der Waals surface area contributed by atoms with Crippen LogP contribution in [-0.4, -0.2) is 17.4 Å². The molecule has 1 heterocycles. The minimum absolute atomic E-state index is 0.0843. The van der Waals surface area contributed by atoms with Crippen molar-refractivity contribution in [3.63, 3.8) is 0 Å². The highest BCUT2D eigenvalue weighted by molar-refractivity contribution is 14.1. The van der Waals surface area contributed by atoms with Gasteiger partial charge < -0.3 is 5.32 Å². The number of carbonyl (C=O) groups is 1. The Morgan fingerprint density at radius 2 is 2.00 bits per heavy atom.